The molecule has 3 aromatic rings. The topological polar surface area (TPSA) is 175 Å². The van der Waals surface area contributed by atoms with Crippen LogP contribution in [-0.4, -0.2) is 43.2 Å². The van der Waals surface area contributed by atoms with Gasteiger partial charge in [0.25, 0.3) is 11.5 Å². The van der Waals surface area contributed by atoms with Crippen molar-refractivity contribution in [2.24, 2.45) is 5.10 Å². The van der Waals surface area contributed by atoms with E-state index in [9.17, 15) is 19.2 Å². The molecule has 0 atom stereocenters. The molecule has 12 nitrogen and oxygen atoms in total. The molecule has 28 heavy (non-hydrogen) atoms. The molecule has 0 aliphatic carbocycles. The second kappa shape index (κ2) is 8.59. The van der Waals surface area contributed by atoms with Gasteiger partial charge in [-0.25, -0.2) is 10.2 Å². The van der Waals surface area contributed by atoms with Gasteiger partial charge in [-0.3, -0.25) is 29.7 Å². The lowest BCUT2D eigenvalue weighted by atomic mass is 10.3. The van der Waals surface area contributed by atoms with Crippen LogP contribution in [0.25, 0.3) is 0 Å². The second-order valence-electron chi connectivity index (χ2n) is 5.21. The highest BCUT2D eigenvalue weighted by Gasteiger charge is 2.13. The van der Waals surface area contributed by atoms with Crippen molar-refractivity contribution < 1.29 is 9.59 Å². The van der Waals surface area contributed by atoms with E-state index in [0.29, 0.717) is 5.01 Å². The average Bonchev–Trinajstić information content (AvgIpc) is 3.08. The standard InChI is InChI=1S/C15H12N8O4S/c24-10-5-9(18-14(27)19-10)13(26)20-15-23-22-12(28-15)6-11(25)21-17-7-8-1-3-16-4-2-8/h1-5,7H,6H2,(H,21,25)(H,20,23,26)(H2,18,19,24,27)/b17-7-. The molecule has 3 heterocycles. The molecule has 0 saturated heterocycles. The zero-order valence-corrected chi connectivity index (χ0v) is 14.8. The SMILES string of the molecule is O=C(Cc1nnc(NC(=O)c2cc(=O)[nH]c(=O)[nH]2)s1)N/N=C\c1ccncc1. The van der Waals surface area contributed by atoms with Gasteiger partial charge in [0, 0.05) is 18.5 Å². The van der Waals surface area contributed by atoms with Crippen molar-refractivity contribution in [3.05, 3.63) is 67.7 Å². The first-order valence-electron chi connectivity index (χ1n) is 7.69. The van der Waals surface area contributed by atoms with E-state index in [4.69, 9.17) is 0 Å². The highest BCUT2D eigenvalue weighted by molar-refractivity contribution is 7.15. The van der Waals surface area contributed by atoms with Crippen molar-refractivity contribution >= 4 is 34.5 Å². The summed E-state index contributed by atoms with van der Waals surface area (Å²) in [6.07, 6.45) is 4.57. The van der Waals surface area contributed by atoms with Crippen molar-refractivity contribution in [1.82, 2.24) is 30.6 Å². The van der Waals surface area contributed by atoms with Crippen molar-refractivity contribution in [1.29, 1.82) is 0 Å². The summed E-state index contributed by atoms with van der Waals surface area (Å²) in [5.74, 6) is -1.16. The number of nitrogens with one attached hydrogen (secondary N) is 4. The lowest BCUT2D eigenvalue weighted by Gasteiger charge is -1.99. The maximum Gasteiger partial charge on any atom is 0.326 e. The van der Waals surface area contributed by atoms with Crippen LogP contribution in [0.2, 0.25) is 0 Å². The number of aromatic nitrogens is 5. The van der Waals surface area contributed by atoms with Gasteiger partial charge in [0.2, 0.25) is 11.0 Å². The molecule has 0 fully saturated rings. The van der Waals surface area contributed by atoms with Crippen molar-refractivity contribution in [3.8, 4) is 0 Å². The number of amides is 2. The van der Waals surface area contributed by atoms with E-state index in [1.165, 1.54) is 6.21 Å². The van der Waals surface area contributed by atoms with E-state index in [1.807, 2.05) is 4.98 Å². The molecule has 3 rings (SSSR count). The number of hydrogen-bond donors (Lipinski definition) is 4. The van der Waals surface area contributed by atoms with E-state index >= 15 is 0 Å². The van der Waals surface area contributed by atoms with Gasteiger partial charge in [-0.05, 0) is 17.7 Å². The third-order valence-electron chi connectivity index (χ3n) is 3.11. The predicted molar refractivity (Wildman–Crippen MR) is 99.2 cm³/mol. The van der Waals surface area contributed by atoms with Crippen molar-refractivity contribution in [3.63, 3.8) is 0 Å². The molecule has 142 valence electrons. The Labute approximate surface area is 159 Å². The van der Waals surface area contributed by atoms with Crippen LogP contribution in [0.1, 0.15) is 21.1 Å². The Hall–Kier alpha value is -4.00. The third kappa shape index (κ3) is 5.25. The van der Waals surface area contributed by atoms with Gasteiger partial charge in [-0.1, -0.05) is 11.3 Å². The summed E-state index contributed by atoms with van der Waals surface area (Å²) in [6.45, 7) is 0. The molecule has 0 aliphatic heterocycles. The smallest absolute Gasteiger partial charge is 0.303 e. The fourth-order valence-electron chi connectivity index (χ4n) is 1.94. The second-order valence-corrected chi connectivity index (χ2v) is 6.27. The zero-order chi connectivity index (χ0) is 19.9. The molecular weight excluding hydrogens is 388 g/mol. The van der Waals surface area contributed by atoms with Gasteiger partial charge < -0.3 is 4.98 Å². The number of anilines is 1. The van der Waals surface area contributed by atoms with Crippen LogP contribution in [0, 0.1) is 0 Å². The van der Waals surface area contributed by atoms with E-state index in [0.717, 1.165) is 23.0 Å². The number of hydrogen-bond acceptors (Lipinski definition) is 9. The summed E-state index contributed by atoms with van der Waals surface area (Å²) in [5, 5.41) is 14.2. The molecule has 13 heteroatoms. The molecule has 0 spiro atoms. The summed E-state index contributed by atoms with van der Waals surface area (Å²) < 4.78 is 0. The molecule has 0 radical (unpaired) electrons. The molecule has 3 aromatic heterocycles. The minimum atomic E-state index is -0.806. The molecule has 0 unspecified atom stereocenters. The Morgan fingerprint density at radius 1 is 1.18 bits per heavy atom. The summed E-state index contributed by atoms with van der Waals surface area (Å²) >= 11 is 0.969. The highest BCUT2D eigenvalue weighted by Crippen LogP contribution is 2.16. The van der Waals surface area contributed by atoms with Crippen LogP contribution in [0.5, 0.6) is 0 Å². The van der Waals surface area contributed by atoms with E-state index < -0.39 is 23.1 Å². The largest absolute Gasteiger partial charge is 0.326 e. The Balaban J connectivity index is 1.55. The van der Waals surface area contributed by atoms with Gasteiger partial charge in [-0.2, -0.15) is 5.10 Å². The first-order chi connectivity index (χ1) is 13.5. The molecule has 0 bridgehead atoms. The number of carbonyl (C=O) groups is 2. The summed E-state index contributed by atoms with van der Waals surface area (Å²) in [7, 11) is 0. The quantitative estimate of drug-likeness (QED) is 0.311. The lowest BCUT2D eigenvalue weighted by Crippen LogP contribution is -2.27. The number of hydrazone groups is 1. The van der Waals surface area contributed by atoms with Crippen LogP contribution in [0.3, 0.4) is 0 Å². The first-order valence-corrected chi connectivity index (χ1v) is 8.50. The molecule has 0 aliphatic rings. The number of H-pyrrole nitrogens is 2. The molecule has 2 amide bonds. The Morgan fingerprint density at radius 3 is 2.71 bits per heavy atom. The average molecular weight is 400 g/mol. The van der Waals surface area contributed by atoms with Gasteiger partial charge in [0.05, 0.1) is 12.6 Å². The Bertz CT molecular complexity index is 1110. The molecule has 0 aromatic carbocycles. The van der Waals surface area contributed by atoms with Crippen molar-refractivity contribution in [2.45, 2.75) is 6.42 Å². The fourth-order valence-corrected chi connectivity index (χ4v) is 2.67. The van der Waals surface area contributed by atoms with Crippen LogP contribution in [0.4, 0.5) is 5.13 Å². The number of pyridine rings is 1. The lowest BCUT2D eigenvalue weighted by molar-refractivity contribution is -0.120. The van der Waals surface area contributed by atoms with E-state index in [1.54, 1.807) is 24.5 Å². The zero-order valence-electron chi connectivity index (χ0n) is 14.0. The minimum Gasteiger partial charge on any atom is -0.303 e. The van der Waals surface area contributed by atoms with E-state index in [2.05, 4.69) is 36.0 Å². The molecule has 4 N–H and O–H groups in total. The summed E-state index contributed by atoms with van der Waals surface area (Å²) in [4.78, 5) is 54.3. The van der Waals surface area contributed by atoms with Crippen molar-refractivity contribution in [2.75, 3.05) is 5.32 Å². The maximum absolute atomic E-state index is 12.0. The number of rotatable bonds is 6. The third-order valence-corrected chi connectivity index (χ3v) is 3.95. The maximum atomic E-state index is 12.0. The van der Waals surface area contributed by atoms with Crippen LogP contribution < -0.4 is 22.0 Å². The normalized spacial score (nSPS) is 10.7. The highest BCUT2D eigenvalue weighted by atomic mass is 32.1. The van der Waals surface area contributed by atoms with Crippen LogP contribution in [-0.2, 0) is 11.2 Å². The van der Waals surface area contributed by atoms with Gasteiger partial charge >= 0.3 is 5.69 Å². The first kappa shape index (κ1) is 18.8. The Kier molecular flexibility index (Phi) is 5.76. The number of aromatic amines is 2. The monoisotopic (exact) mass is 400 g/mol. The predicted octanol–water partition coefficient (Wildman–Crippen LogP) is -0.745. The van der Waals surface area contributed by atoms with Crippen LogP contribution in [0.15, 0.2) is 45.3 Å². The fraction of sp³-hybridized carbons (Fsp3) is 0.0667. The summed E-state index contributed by atoms with van der Waals surface area (Å²) in [6, 6.07) is 4.39. The Morgan fingerprint density at radius 2 is 1.96 bits per heavy atom. The molecule has 0 saturated carbocycles. The number of carbonyl (C=O) groups excluding carboxylic acids is 2. The summed E-state index contributed by atoms with van der Waals surface area (Å²) in [5.41, 5.74) is 1.38. The number of nitrogens with zero attached hydrogens (tertiary/aromatic N) is 4. The van der Waals surface area contributed by atoms with Gasteiger partial charge in [-0.15, -0.1) is 10.2 Å². The minimum absolute atomic E-state index is 0.0942. The molecular formula is C15H12N8O4S. The van der Waals surface area contributed by atoms with E-state index in [-0.39, 0.29) is 17.2 Å². The van der Waals surface area contributed by atoms with Gasteiger partial charge in [0.15, 0.2) is 0 Å². The van der Waals surface area contributed by atoms with Crippen LogP contribution >= 0.6 is 11.3 Å². The van der Waals surface area contributed by atoms with Gasteiger partial charge in [0.1, 0.15) is 10.7 Å².